The van der Waals surface area contributed by atoms with Crippen LogP contribution in [0.1, 0.15) is 23.2 Å². The summed E-state index contributed by atoms with van der Waals surface area (Å²) in [6.45, 7) is 0.737. The molecule has 0 radical (unpaired) electrons. The molecule has 1 fully saturated rings. The van der Waals surface area contributed by atoms with E-state index >= 15 is 0 Å². The normalized spacial score (nSPS) is 13.6. The maximum atomic E-state index is 14.0. The van der Waals surface area contributed by atoms with Crippen molar-refractivity contribution in [1.82, 2.24) is 29.4 Å². The Balaban J connectivity index is 1.69. The largest absolute Gasteiger partial charge is 0.355 e. The number of hydrogen-bond donors (Lipinski definition) is 1. The Morgan fingerprint density at radius 2 is 1.89 bits per heavy atom. The van der Waals surface area contributed by atoms with Crippen molar-refractivity contribution in [1.29, 1.82) is 0 Å². The first-order valence-corrected chi connectivity index (χ1v) is 11.9. The molecular formula is C26H23ClN6O2. The number of rotatable bonds is 5. The van der Waals surface area contributed by atoms with Crippen LogP contribution < -0.4 is 10.9 Å². The van der Waals surface area contributed by atoms with E-state index in [-0.39, 0.29) is 11.5 Å². The Bertz CT molecular complexity index is 1670. The van der Waals surface area contributed by atoms with Gasteiger partial charge in [0, 0.05) is 43.4 Å². The number of nitrogens with one attached hydrogen (secondary N) is 1. The predicted molar refractivity (Wildman–Crippen MR) is 136 cm³/mol. The molecule has 9 heteroatoms. The second kappa shape index (κ2) is 8.09. The van der Waals surface area contributed by atoms with E-state index in [0.29, 0.717) is 38.8 Å². The number of hydrogen-bond acceptors (Lipinski definition) is 4. The minimum Gasteiger partial charge on any atom is -0.355 e. The van der Waals surface area contributed by atoms with Gasteiger partial charge in [0.05, 0.1) is 27.8 Å². The molecule has 0 spiro atoms. The van der Waals surface area contributed by atoms with Gasteiger partial charge < -0.3 is 9.88 Å². The lowest BCUT2D eigenvalue weighted by atomic mass is 10.1. The van der Waals surface area contributed by atoms with Crippen LogP contribution in [-0.2, 0) is 13.6 Å². The van der Waals surface area contributed by atoms with E-state index < -0.39 is 0 Å². The molecule has 176 valence electrons. The number of amides is 1. The maximum absolute atomic E-state index is 14.0. The third-order valence-electron chi connectivity index (χ3n) is 6.50. The number of carbonyl (C=O) groups is 1. The van der Waals surface area contributed by atoms with Crippen LogP contribution in [0, 0.1) is 5.92 Å². The van der Waals surface area contributed by atoms with Crippen LogP contribution in [0.5, 0.6) is 0 Å². The molecule has 1 aliphatic carbocycles. The molecule has 8 nitrogen and oxygen atoms in total. The number of halogens is 1. The van der Waals surface area contributed by atoms with E-state index in [9.17, 15) is 9.59 Å². The molecule has 2 aromatic carbocycles. The van der Waals surface area contributed by atoms with E-state index in [4.69, 9.17) is 16.7 Å². The minimum atomic E-state index is -0.262. The molecule has 3 aromatic heterocycles. The average Bonchev–Trinajstić information content (AvgIpc) is 3.48. The lowest BCUT2D eigenvalue weighted by Gasteiger charge is -2.13. The van der Waals surface area contributed by atoms with Gasteiger partial charge in [-0.3, -0.25) is 14.3 Å². The molecule has 1 saturated carbocycles. The highest BCUT2D eigenvalue weighted by molar-refractivity contribution is 6.30. The summed E-state index contributed by atoms with van der Waals surface area (Å²) in [5.74, 6) is 0.295. The Kier molecular flexibility index (Phi) is 5.00. The first kappa shape index (κ1) is 21.6. The highest BCUT2D eigenvalue weighted by Crippen LogP contribution is 2.35. The van der Waals surface area contributed by atoms with Crippen LogP contribution >= 0.6 is 11.6 Å². The van der Waals surface area contributed by atoms with Crippen molar-refractivity contribution in [3.8, 4) is 16.8 Å². The van der Waals surface area contributed by atoms with Crippen LogP contribution in [0.25, 0.3) is 38.8 Å². The summed E-state index contributed by atoms with van der Waals surface area (Å²) < 4.78 is 5.13. The summed E-state index contributed by atoms with van der Waals surface area (Å²) in [5.41, 5.74) is 3.98. The fourth-order valence-corrected chi connectivity index (χ4v) is 4.73. The van der Waals surface area contributed by atoms with Gasteiger partial charge in [-0.15, -0.1) is 0 Å². The van der Waals surface area contributed by atoms with E-state index in [1.54, 1.807) is 23.9 Å². The van der Waals surface area contributed by atoms with Crippen LogP contribution in [0.3, 0.4) is 0 Å². The van der Waals surface area contributed by atoms with Gasteiger partial charge in [-0.25, -0.2) is 0 Å². The molecule has 0 saturated heterocycles. The van der Waals surface area contributed by atoms with Gasteiger partial charge in [-0.2, -0.15) is 14.9 Å². The molecule has 1 aliphatic rings. The highest BCUT2D eigenvalue weighted by atomic mass is 35.5. The highest BCUT2D eigenvalue weighted by Gasteiger charge is 2.28. The monoisotopic (exact) mass is 486 g/mol. The quantitative estimate of drug-likeness (QED) is 0.404. The van der Waals surface area contributed by atoms with Crippen molar-refractivity contribution in [3.05, 3.63) is 75.8 Å². The molecule has 5 aromatic rings. The number of aromatic nitrogens is 5. The molecule has 3 heterocycles. The summed E-state index contributed by atoms with van der Waals surface area (Å²) >= 11 is 6.15. The fourth-order valence-electron chi connectivity index (χ4n) is 4.60. The van der Waals surface area contributed by atoms with E-state index in [0.717, 1.165) is 35.9 Å². The van der Waals surface area contributed by atoms with Crippen molar-refractivity contribution in [2.75, 3.05) is 7.05 Å². The molecular weight excluding hydrogens is 464 g/mol. The SMILES string of the molecule is CNC(=O)c1cn(CC2CC2)c2c(-c3ccc(Cl)cc3)c(=O)n(-c3ccc4nn(C)cc4c3)nc12. The van der Waals surface area contributed by atoms with Crippen molar-refractivity contribution in [2.45, 2.75) is 19.4 Å². The molecule has 0 aliphatic heterocycles. The van der Waals surface area contributed by atoms with E-state index in [1.165, 1.54) is 4.68 Å². The molecule has 0 unspecified atom stereocenters. The Hall–Kier alpha value is -3.91. The molecule has 35 heavy (non-hydrogen) atoms. The summed E-state index contributed by atoms with van der Waals surface area (Å²) in [5, 5.41) is 13.4. The van der Waals surface area contributed by atoms with Gasteiger partial charge in [0.15, 0.2) is 0 Å². The van der Waals surface area contributed by atoms with E-state index in [1.807, 2.05) is 54.3 Å². The van der Waals surface area contributed by atoms with Crippen LogP contribution in [0.15, 0.2) is 59.7 Å². The smallest absolute Gasteiger partial charge is 0.281 e. The van der Waals surface area contributed by atoms with Crippen molar-refractivity contribution < 1.29 is 4.79 Å². The second-order valence-electron chi connectivity index (χ2n) is 9.06. The van der Waals surface area contributed by atoms with E-state index in [2.05, 4.69) is 10.4 Å². The third-order valence-corrected chi connectivity index (χ3v) is 6.75. The standard InChI is InChI=1S/C26H23ClN6O2/c1-28-25(34)20-14-32(12-15-3-4-15)24-22(16-5-7-18(27)8-6-16)26(35)33(30-23(20)24)19-9-10-21-17(11-19)13-31(2)29-21/h5-11,13-15H,3-4,12H2,1-2H3,(H,28,34). The third kappa shape index (κ3) is 3.70. The van der Waals surface area contributed by atoms with Gasteiger partial charge in [0.1, 0.15) is 5.52 Å². The number of carbonyl (C=O) groups excluding carboxylic acids is 1. The second-order valence-corrected chi connectivity index (χ2v) is 9.50. The number of aryl methyl sites for hydroxylation is 1. The van der Waals surface area contributed by atoms with Crippen LogP contribution in [-0.4, -0.2) is 37.1 Å². The summed E-state index contributed by atoms with van der Waals surface area (Å²) in [7, 11) is 3.45. The van der Waals surface area contributed by atoms with Crippen molar-refractivity contribution in [2.24, 2.45) is 13.0 Å². The topological polar surface area (TPSA) is 86.7 Å². The van der Waals surface area contributed by atoms with Gasteiger partial charge >= 0.3 is 0 Å². The van der Waals surface area contributed by atoms with Crippen LogP contribution in [0.2, 0.25) is 5.02 Å². The zero-order chi connectivity index (χ0) is 24.3. The number of benzene rings is 2. The van der Waals surface area contributed by atoms with Crippen LogP contribution in [0.4, 0.5) is 0 Å². The lowest BCUT2D eigenvalue weighted by Crippen LogP contribution is -2.24. The molecule has 0 bridgehead atoms. The maximum Gasteiger partial charge on any atom is 0.281 e. The zero-order valence-electron chi connectivity index (χ0n) is 19.3. The molecule has 0 atom stereocenters. The van der Waals surface area contributed by atoms with Gasteiger partial charge in [-0.05, 0) is 54.7 Å². The minimum absolute atomic E-state index is 0.244. The Morgan fingerprint density at radius 3 is 2.60 bits per heavy atom. The number of nitrogens with zero attached hydrogens (tertiary/aromatic N) is 5. The number of fused-ring (bicyclic) bond motifs is 2. The predicted octanol–water partition coefficient (Wildman–Crippen LogP) is 4.16. The summed E-state index contributed by atoms with van der Waals surface area (Å²) in [6.07, 6.45) is 5.99. The van der Waals surface area contributed by atoms with Gasteiger partial charge in [0.2, 0.25) is 0 Å². The van der Waals surface area contributed by atoms with Gasteiger partial charge in [0.25, 0.3) is 11.5 Å². The van der Waals surface area contributed by atoms with Crippen molar-refractivity contribution >= 4 is 39.4 Å². The van der Waals surface area contributed by atoms with Gasteiger partial charge in [-0.1, -0.05) is 23.7 Å². The lowest BCUT2D eigenvalue weighted by molar-refractivity contribution is 0.0964. The summed E-state index contributed by atoms with van der Waals surface area (Å²) in [4.78, 5) is 26.9. The molecule has 1 amide bonds. The fraction of sp³-hybridized carbons (Fsp3) is 0.231. The average molecular weight is 487 g/mol. The first-order valence-electron chi connectivity index (χ1n) is 11.5. The zero-order valence-corrected chi connectivity index (χ0v) is 20.1. The Labute approximate surface area is 205 Å². The summed E-state index contributed by atoms with van der Waals surface area (Å²) in [6, 6.07) is 12.8. The Morgan fingerprint density at radius 1 is 1.11 bits per heavy atom. The van der Waals surface area contributed by atoms with Crippen molar-refractivity contribution in [3.63, 3.8) is 0 Å². The molecule has 1 N–H and O–H groups in total. The first-order chi connectivity index (χ1) is 16.9. The molecule has 6 rings (SSSR count).